The van der Waals surface area contributed by atoms with Gasteiger partial charge in [0.1, 0.15) is 11.4 Å². The van der Waals surface area contributed by atoms with Crippen molar-refractivity contribution in [2.45, 2.75) is 39.7 Å². The van der Waals surface area contributed by atoms with Crippen LogP contribution in [0.2, 0.25) is 0 Å². The van der Waals surface area contributed by atoms with Gasteiger partial charge in [-0.05, 0) is 40.2 Å². The van der Waals surface area contributed by atoms with Crippen LogP contribution in [0.25, 0.3) is 0 Å². The van der Waals surface area contributed by atoms with Gasteiger partial charge in [-0.2, -0.15) is 4.98 Å². The van der Waals surface area contributed by atoms with E-state index in [2.05, 4.69) is 15.3 Å². The topological polar surface area (TPSA) is 76.6 Å². The van der Waals surface area contributed by atoms with Crippen molar-refractivity contribution in [3.05, 3.63) is 12.3 Å². The Morgan fingerprint density at radius 3 is 2.96 bits per heavy atom. The third-order valence-corrected chi connectivity index (χ3v) is 3.38. The van der Waals surface area contributed by atoms with Gasteiger partial charge in [0.2, 0.25) is 0 Å². The molecule has 0 aliphatic carbocycles. The first kappa shape index (κ1) is 17.3. The van der Waals surface area contributed by atoms with Crippen LogP contribution >= 0.6 is 0 Å². The van der Waals surface area contributed by atoms with Crippen molar-refractivity contribution in [3.63, 3.8) is 0 Å². The number of anilines is 1. The first-order valence-corrected chi connectivity index (χ1v) is 8.05. The van der Waals surface area contributed by atoms with Crippen molar-refractivity contribution in [3.8, 4) is 6.01 Å². The second kappa shape index (κ2) is 7.48. The smallest absolute Gasteiger partial charge is 0.410 e. The van der Waals surface area contributed by atoms with E-state index in [0.717, 1.165) is 18.8 Å². The van der Waals surface area contributed by atoms with Gasteiger partial charge in [-0.1, -0.05) is 0 Å². The van der Waals surface area contributed by atoms with Crippen LogP contribution < -0.4 is 10.1 Å². The lowest BCUT2D eigenvalue weighted by Crippen LogP contribution is -2.35. The summed E-state index contributed by atoms with van der Waals surface area (Å²) in [6.07, 6.45) is 2.30. The summed E-state index contributed by atoms with van der Waals surface area (Å²) >= 11 is 0. The third-order valence-electron chi connectivity index (χ3n) is 3.38. The van der Waals surface area contributed by atoms with Gasteiger partial charge >= 0.3 is 12.1 Å². The minimum atomic E-state index is -0.466. The highest BCUT2D eigenvalue weighted by Gasteiger charge is 2.30. The van der Waals surface area contributed by atoms with Crippen LogP contribution in [-0.4, -0.2) is 52.8 Å². The maximum atomic E-state index is 12.0. The van der Waals surface area contributed by atoms with Crippen molar-refractivity contribution in [1.82, 2.24) is 14.9 Å². The molecule has 1 fully saturated rings. The summed E-state index contributed by atoms with van der Waals surface area (Å²) in [5.41, 5.74) is -0.466. The molecule has 1 unspecified atom stereocenters. The molecule has 1 amide bonds. The molecule has 2 heterocycles. The zero-order valence-corrected chi connectivity index (χ0v) is 14.3. The molecule has 1 atom stereocenters. The van der Waals surface area contributed by atoms with Crippen LogP contribution in [0, 0.1) is 5.92 Å². The highest BCUT2D eigenvalue weighted by atomic mass is 16.6. The van der Waals surface area contributed by atoms with Crippen LogP contribution in [0.1, 0.15) is 34.1 Å². The number of hydrogen-bond donors (Lipinski definition) is 1. The zero-order chi connectivity index (χ0) is 16.9. The molecule has 1 aliphatic heterocycles. The molecule has 0 spiro atoms. The van der Waals surface area contributed by atoms with Gasteiger partial charge in [0.15, 0.2) is 0 Å². The molecule has 2 rings (SSSR count). The van der Waals surface area contributed by atoms with Gasteiger partial charge in [0.05, 0.1) is 6.61 Å². The molecule has 7 nitrogen and oxygen atoms in total. The van der Waals surface area contributed by atoms with Gasteiger partial charge in [0, 0.05) is 31.7 Å². The molecule has 0 saturated carbocycles. The fourth-order valence-corrected chi connectivity index (χ4v) is 2.34. The Balaban J connectivity index is 1.79. The number of nitrogens with one attached hydrogen (secondary N) is 1. The van der Waals surface area contributed by atoms with E-state index in [1.807, 2.05) is 27.7 Å². The van der Waals surface area contributed by atoms with Gasteiger partial charge in [-0.25, -0.2) is 9.78 Å². The minimum absolute atomic E-state index is 0.259. The quantitative estimate of drug-likeness (QED) is 0.898. The number of nitrogens with zero attached hydrogens (tertiary/aromatic N) is 3. The Kier molecular flexibility index (Phi) is 5.63. The maximum Gasteiger partial charge on any atom is 0.410 e. The van der Waals surface area contributed by atoms with E-state index in [-0.39, 0.29) is 12.0 Å². The summed E-state index contributed by atoms with van der Waals surface area (Å²) in [4.78, 5) is 22.1. The van der Waals surface area contributed by atoms with E-state index < -0.39 is 5.60 Å². The summed E-state index contributed by atoms with van der Waals surface area (Å²) < 4.78 is 11.1. The minimum Gasteiger partial charge on any atom is -0.463 e. The van der Waals surface area contributed by atoms with E-state index in [9.17, 15) is 4.79 Å². The van der Waals surface area contributed by atoms with Crippen LogP contribution in [0.5, 0.6) is 6.01 Å². The average Bonchev–Trinajstić information content (AvgIpc) is 2.93. The number of carbonyl (C=O) groups is 1. The highest BCUT2D eigenvalue weighted by molar-refractivity contribution is 5.68. The van der Waals surface area contributed by atoms with Crippen LogP contribution in [0.15, 0.2) is 12.3 Å². The molecule has 1 aromatic rings. The third kappa shape index (κ3) is 5.58. The van der Waals surface area contributed by atoms with Crippen LogP contribution in [0.4, 0.5) is 10.6 Å². The van der Waals surface area contributed by atoms with Crippen molar-refractivity contribution in [2.75, 3.05) is 31.6 Å². The molecular weight excluding hydrogens is 296 g/mol. The Labute approximate surface area is 137 Å². The highest BCUT2D eigenvalue weighted by Crippen LogP contribution is 2.20. The molecule has 0 bridgehead atoms. The number of ether oxygens (including phenoxy) is 2. The second-order valence-electron chi connectivity index (χ2n) is 6.65. The van der Waals surface area contributed by atoms with Crippen LogP contribution in [0.3, 0.4) is 0 Å². The summed E-state index contributed by atoms with van der Waals surface area (Å²) in [7, 11) is 0. The van der Waals surface area contributed by atoms with Gasteiger partial charge in [0.25, 0.3) is 0 Å². The molecular formula is C16H26N4O3. The van der Waals surface area contributed by atoms with Crippen molar-refractivity contribution in [2.24, 2.45) is 5.92 Å². The van der Waals surface area contributed by atoms with E-state index in [0.29, 0.717) is 25.7 Å². The first-order valence-electron chi connectivity index (χ1n) is 8.05. The standard InChI is InChI=1S/C16H26N4O3/c1-5-17-13-6-8-18-14(19-13)22-11-12-7-9-20(10-12)15(21)23-16(2,3)4/h6,8,12H,5,7,9-11H2,1-4H3,(H,17,18,19). The zero-order valence-electron chi connectivity index (χ0n) is 14.3. The molecule has 1 aromatic heterocycles. The number of likely N-dealkylation sites (tertiary alicyclic amines) is 1. The van der Waals surface area contributed by atoms with E-state index in [1.54, 1.807) is 17.2 Å². The van der Waals surface area contributed by atoms with E-state index >= 15 is 0 Å². The Bertz CT molecular complexity index is 530. The molecule has 128 valence electrons. The lowest BCUT2D eigenvalue weighted by atomic mass is 10.1. The second-order valence-corrected chi connectivity index (χ2v) is 6.65. The Hall–Kier alpha value is -2.05. The van der Waals surface area contributed by atoms with Crippen LogP contribution in [-0.2, 0) is 4.74 Å². The van der Waals surface area contributed by atoms with Gasteiger partial charge in [-0.3, -0.25) is 0 Å². The largest absolute Gasteiger partial charge is 0.463 e. The monoisotopic (exact) mass is 322 g/mol. The normalized spacial score (nSPS) is 17.9. The van der Waals surface area contributed by atoms with Crippen molar-refractivity contribution < 1.29 is 14.3 Å². The molecule has 1 saturated heterocycles. The van der Waals surface area contributed by atoms with Gasteiger partial charge < -0.3 is 19.7 Å². The molecule has 1 N–H and O–H groups in total. The Morgan fingerprint density at radius 2 is 2.26 bits per heavy atom. The summed E-state index contributed by atoms with van der Waals surface area (Å²) in [6.45, 7) is 10.2. The van der Waals surface area contributed by atoms with Crippen molar-refractivity contribution in [1.29, 1.82) is 0 Å². The van der Waals surface area contributed by atoms with Gasteiger partial charge in [-0.15, -0.1) is 0 Å². The lowest BCUT2D eigenvalue weighted by molar-refractivity contribution is 0.0284. The number of aromatic nitrogens is 2. The lowest BCUT2D eigenvalue weighted by Gasteiger charge is -2.24. The molecule has 23 heavy (non-hydrogen) atoms. The number of rotatable bonds is 5. The summed E-state index contributed by atoms with van der Waals surface area (Å²) in [6, 6.07) is 2.16. The molecule has 1 aliphatic rings. The maximum absolute atomic E-state index is 12.0. The van der Waals surface area contributed by atoms with E-state index in [4.69, 9.17) is 9.47 Å². The predicted octanol–water partition coefficient (Wildman–Crippen LogP) is 2.54. The fraction of sp³-hybridized carbons (Fsp3) is 0.688. The summed E-state index contributed by atoms with van der Waals surface area (Å²) in [5, 5.41) is 3.12. The number of carbonyl (C=O) groups excluding carboxylic acids is 1. The number of amides is 1. The molecule has 7 heteroatoms. The SMILES string of the molecule is CCNc1ccnc(OCC2CCN(C(=O)OC(C)(C)C)C2)n1. The first-order chi connectivity index (χ1) is 10.9. The molecule has 0 aromatic carbocycles. The Morgan fingerprint density at radius 1 is 1.48 bits per heavy atom. The van der Waals surface area contributed by atoms with Crippen molar-refractivity contribution >= 4 is 11.9 Å². The summed E-state index contributed by atoms with van der Waals surface area (Å²) in [5.74, 6) is 1.02. The van der Waals surface area contributed by atoms with E-state index in [1.165, 1.54) is 0 Å². The fourth-order valence-electron chi connectivity index (χ4n) is 2.34. The predicted molar refractivity (Wildman–Crippen MR) is 87.6 cm³/mol. The molecule has 0 radical (unpaired) electrons. The number of hydrogen-bond acceptors (Lipinski definition) is 6. The average molecular weight is 322 g/mol.